The Morgan fingerprint density at radius 1 is 0.964 bits per heavy atom. The molecule has 3 aromatic rings. The highest BCUT2D eigenvalue weighted by molar-refractivity contribution is 6.03. The van der Waals surface area contributed by atoms with Gasteiger partial charge in [-0.2, -0.15) is 0 Å². The number of benzene rings is 1. The van der Waals surface area contributed by atoms with E-state index >= 15 is 0 Å². The van der Waals surface area contributed by atoms with Crippen molar-refractivity contribution < 1.29 is 4.79 Å². The molecule has 0 spiro atoms. The zero-order valence-electron chi connectivity index (χ0n) is 16.1. The number of amides is 1. The summed E-state index contributed by atoms with van der Waals surface area (Å²) < 4.78 is 0. The van der Waals surface area contributed by atoms with Gasteiger partial charge in [0, 0.05) is 43.1 Å². The molecule has 1 amide bonds. The third-order valence-electron chi connectivity index (χ3n) is 4.32. The maximum Gasteiger partial charge on any atom is 0.258 e. The van der Waals surface area contributed by atoms with Crippen LogP contribution in [0.25, 0.3) is 0 Å². The van der Waals surface area contributed by atoms with Gasteiger partial charge >= 0.3 is 0 Å². The average Bonchev–Trinajstić information content (AvgIpc) is 2.75. The molecule has 7 nitrogen and oxygen atoms in total. The van der Waals surface area contributed by atoms with Crippen molar-refractivity contribution in [3.8, 4) is 0 Å². The Labute approximate surface area is 164 Å². The van der Waals surface area contributed by atoms with Crippen LogP contribution in [0.5, 0.6) is 0 Å². The van der Waals surface area contributed by atoms with Crippen LogP contribution in [0.3, 0.4) is 0 Å². The second-order valence-electron chi connectivity index (χ2n) is 6.14. The Bertz CT molecular complexity index is 877. The Kier molecular flexibility index (Phi) is 6.51. The highest BCUT2D eigenvalue weighted by atomic mass is 16.1. The van der Waals surface area contributed by atoms with Crippen LogP contribution < -0.4 is 15.5 Å². The molecule has 2 aromatic heterocycles. The maximum atomic E-state index is 12.4. The van der Waals surface area contributed by atoms with Gasteiger partial charge in [0.05, 0.1) is 17.8 Å². The van der Waals surface area contributed by atoms with Crippen molar-refractivity contribution in [1.29, 1.82) is 0 Å². The van der Waals surface area contributed by atoms with Gasteiger partial charge in [0.15, 0.2) is 0 Å². The summed E-state index contributed by atoms with van der Waals surface area (Å²) in [5.41, 5.74) is 3.16. The topological polar surface area (TPSA) is 83.0 Å². The van der Waals surface area contributed by atoms with E-state index in [2.05, 4.69) is 44.3 Å². The largest absolute Gasteiger partial charge is 0.372 e. The maximum absolute atomic E-state index is 12.4. The minimum atomic E-state index is -0.244. The van der Waals surface area contributed by atoms with E-state index in [1.807, 2.05) is 42.5 Å². The van der Waals surface area contributed by atoms with Crippen LogP contribution in [0, 0.1) is 0 Å². The number of carbonyl (C=O) groups is 1. The molecule has 2 N–H and O–H groups in total. The summed E-state index contributed by atoms with van der Waals surface area (Å²) in [6, 6.07) is 13.5. The van der Waals surface area contributed by atoms with Crippen molar-refractivity contribution in [3.05, 3.63) is 72.3 Å². The number of pyridine rings is 1. The number of hydrogen-bond acceptors (Lipinski definition) is 6. The molecule has 7 heteroatoms. The lowest BCUT2D eigenvalue weighted by Gasteiger charge is -2.21. The molecule has 1 aromatic carbocycles. The minimum Gasteiger partial charge on any atom is -0.372 e. The van der Waals surface area contributed by atoms with Crippen molar-refractivity contribution in [2.24, 2.45) is 0 Å². The van der Waals surface area contributed by atoms with Crippen molar-refractivity contribution in [2.45, 2.75) is 20.4 Å². The molecule has 0 unspecified atom stereocenters. The number of nitrogens with zero attached hydrogens (tertiary/aromatic N) is 4. The van der Waals surface area contributed by atoms with Crippen LogP contribution in [0.1, 0.15) is 29.9 Å². The number of hydrogen-bond donors (Lipinski definition) is 2. The standard InChI is InChI=1S/C21H24N6O/c1-3-27(4-2)19-10-8-17(9-11-19)26-20(28)16-13-23-21(24-14-16)25-15-18-7-5-6-12-22-18/h5-14H,3-4,15H2,1-2H3,(H,26,28)(H,23,24,25). The van der Waals surface area contributed by atoms with E-state index in [0.717, 1.165) is 30.2 Å². The summed E-state index contributed by atoms with van der Waals surface area (Å²) in [7, 11) is 0. The quantitative estimate of drug-likeness (QED) is 0.625. The first-order chi connectivity index (χ1) is 13.7. The fourth-order valence-corrected chi connectivity index (χ4v) is 2.76. The molecule has 144 valence electrons. The molecule has 2 heterocycles. The first-order valence-corrected chi connectivity index (χ1v) is 9.31. The smallest absolute Gasteiger partial charge is 0.258 e. The lowest BCUT2D eigenvalue weighted by molar-refractivity contribution is 0.102. The van der Waals surface area contributed by atoms with E-state index < -0.39 is 0 Å². The Hall–Kier alpha value is -3.48. The first-order valence-electron chi connectivity index (χ1n) is 9.31. The van der Waals surface area contributed by atoms with E-state index in [1.54, 1.807) is 6.20 Å². The third kappa shape index (κ3) is 5.03. The highest BCUT2D eigenvalue weighted by Gasteiger charge is 2.09. The predicted octanol–water partition coefficient (Wildman–Crippen LogP) is 3.58. The van der Waals surface area contributed by atoms with Gasteiger partial charge in [-0.25, -0.2) is 9.97 Å². The van der Waals surface area contributed by atoms with E-state index in [0.29, 0.717) is 18.1 Å². The molecule has 0 aliphatic rings. The molecule has 28 heavy (non-hydrogen) atoms. The second-order valence-corrected chi connectivity index (χ2v) is 6.14. The number of nitrogens with one attached hydrogen (secondary N) is 2. The average molecular weight is 376 g/mol. The minimum absolute atomic E-state index is 0.244. The van der Waals surface area contributed by atoms with Gasteiger partial charge in [0.1, 0.15) is 0 Å². The summed E-state index contributed by atoms with van der Waals surface area (Å²) >= 11 is 0. The molecule has 0 saturated heterocycles. The fourth-order valence-electron chi connectivity index (χ4n) is 2.76. The van der Waals surface area contributed by atoms with Crippen molar-refractivity contribution in [3.63, 3.8) is 0 Å². The fraction of sp³-hybridized carbons (Fsp3) is 0.238. The third-order valence-corrected chi connectivity index (χ3v) is 4.32. The Balaban J connectivity index is 1.57. The van der Waals surface area contributed by atoms with Crippen LogP contribution in [0.4, 0.5) is 17.3 Å². The molecule has 0 aliphatic carbocycles. The van der Waals surface area contributed by atoms with E-state index in [-0.39, 0.29) is 5.91 Å². The van der Waals surface area contributed by atoms with E-state index in [9.17, 15) is 4.79 Å². The van der Waals surface area contributed by atoms with Gasteiger partial charge in [-0.1, -0.05) is 6.07 Å². The molecule has 3 rings (SSSR count). The number of anilines is 3. The molecule has 0 atom stereocenters. The van der Waals surface area contributed by atoms with Crippen molar-refractivity contribution >= 4 is 23.2 Å². The summed E-state index contributed by atoms with van der Waals surface area (Å²) in [4.78, 5) is 27.3. The molecule has 0 bridgehead atoms. The first kappa shape index (κ1) is 19.3. The lowest BCUT2D eigenvalue weighted by Crippen LogP contribution is -2.21. The van der Waals surface area contributed by atoms with Gasteiger partial charge in [0.25, 0.3) is 5.91 Å². The molecule has 0 aliphatic heterocycles. The summed E-state index contributed by atoms with van der Waals surface area (Å²) in [5.74, 6) is 0.206. The van der Waals surface area contributed by atoms with Crippen LogP contribution in [0.15, 0.2) is 61.1 Å². The molecular weight excluding hydrogens is 352 g/mol. The van der Waals surface area contributed by atoms with Gasteiger partial charge in [0.2, 0.25) is 5.95 Å². The van der Waals surface area contributed by atoms with E-state index in [1.165, 1.54) is 12.4 Å². The van der Waals surface area contributed by atoms with Crippen LogP contribution in [-0.4, -0.2) is 33.9 Å². The van der Waals surface area contributed by atoms with Crippen LogP contribution >= 0.6 is 0 Å². The molecule has 0 radical (unpaired) electrons. The van der Waals surface area contributed by atoms with Crippen molar-refractivity contribution in [2.75, 3.05) is 28.6 Å². The Morgan fingerprint density at radius 2 is 1.68 bits per heavy atom. The number of rotatable bonds is 8. The van der Waals surface area contributed by atoms with E-state index in [4.69, 9.17) is 0 Å². The summed E-state index contributed by atoms with van der Waals surface area (Å²) in [5, 5.41) is 5.95. The second kappa shape index (κ2) is 9.45. The monoisotopic (exact) mass is 376 g/mol. The van der Waals surface area contributed by atoms with Crippen LogP contribution in [0.2, 0.25) is 0 Å². The molecule has 0 fully saturated rings. The van der Waals surface area contributed by atoms with Gasteiger partial charge in [-0.3, -0.25) is 9.78 Å². The SMILES string of the molecule is CCN(CC)c1ccc(NC(=O)c2cnc(NCc3ccccn3)nc2)cc1. The lowest BCUT2D eigenvalue weighted by atomic mass is 10.2. The van der Waals surface area contributed by atoms with Crippen molar-refractivity contribution in [1.82, 2.24) is 15.0 Å². The molecule has 0 saturated carbocycles. The number of aromatic nitrogens is 3. The highest BCUT2D eigenvalue weighted by Crippen LogP contribution is 2.18. The Morgan fingerprint density at radius 3 is 2.29 bits per heavy atom. The normalized spacial score (nSPS) is 10.4. The predicted molar refractivity (Wildman–Crippen MR) is 112 cm³/mol. The van der Waals surface area contributed by atoms with Crippen LogP contribution in [-0.2, 0) is 6.54 Å². The molecular formula is C21H24N6O. The zero-order valence-corrected chi connectivity index (χ0v) is 16.1. The summed E-state index contributed by atoms with van der Waals surface area (Å²) in [6.45, 7) is 6.65. The summed E-state index contributed by atoms with van der Waals surface area (Å²) in [6.07, 6.45) is 4.75. The van der Waals surface area contributed by atoms with Gasteiger partial charge in [-0.15, -0.1) is 0 Å². The number of carbonyl (C=O) groups excluding carboxylic acids is 1. The van der Waals surface area contributed by atoms with Gasteiger partial charge < -0.3 is 15.5 Å². The van der Waals surface area contributed by atoms with Gasteiger partial charge in [-0.05, 0) is 50.2 Å². The zero-order chi connectivity index (χ0) is 19.8.